The summed E-state index contributed by atoms with van der Waals surface area (Å²) in [6.07, 6.45) is 4.33. The summed E-state index contributed by atoms with van der Waals surface area (Å²) in [5.41, 5.74) is 2.59. The maximum atomic E-state index is 2.16. The van der Waals surface area contributed by atoms with Gasteiger partial charge in [0.05, 0.1) is 0 Å². The maximum absolute atomic E-state index is 2.16. The molecular formula is C11H10S. The molecule has 12 heavy (non-hydrogen) atoms. The average molecular weight is 174 g/mol. The Hall–Kier alpha value is -1.08. The molecule has 0 aliphatic carbocycles. The molecule has 0 aromatic heterocycles. The van der Waals surface area contributed by atoms with Gasteiger partial charge in [0.2, 0.25) is 0 Å². The molecule has 60 valence electrons. The first-order valence-electron chi connectivity index (χ1n) is 3.92. The summed E-state index contributed by atoms with van der Waals surface area (Å²) in [6.45, 7) is 0. The van der Waals surface area contributed by atoms with E-state index in [4.69, 9.17) is 0 Å². The van der Waals surface area contributed by atoms with Crippen LogP contribution in [-0.2, 0) is 0 Å². The lowest BCUT2D eigenvalue weighted by atomic mass is 10.1. The number of allylic oxidation sites excluding steroid dienone is 3. The van der Waals surface area contributed by atoms with E-state index in [-0.39, 0.29) is 0 Å². The molecule has 0 N–H and O–H groups in total. The largest absolute Gasteiger partial charge is 0.176 e. The van der Waals surface area contributed by atoms with Crippen molar-refractivity contribution >= 4 is 22.3 Å². The first-order chi connectivity index (χ1) is 5.97. The number of thiol groups is 1. The quantitative estimate of drug-likeness (QED) is 0.491. The van der Waals surface area contributed by atoms with E-state index < -0.39 is 0 Å². The smallest absolute Gasteiger partial charge is 0.0174 e. The zero-order valence-electron chi connectivity index (χ0n) is 6.64. The SMILES string of the molecule is C1=CC(c2ccccc2)=CC=[SH]1. The molecule has 0 saturated carbocycles. The van der Waals surface area contributed by atoms with Crippen LogP contribution in [0.15, 0.2) is 47.9 Å². The normalized spacial score (nSPS) is 15.2. The molecule has 1 heteroatoms. The van der Waals surface area contributed by atoms with Crippen LogP contribution in [0.5, 0.6) is 0 Å². The van der Waals surface area contributed by atoms with E-state index in [1.54, 1.807) is 0 Å². The summed E-state index contributed by atoms with van der Waals surface area (Å²) < 4.78 is 0. The number of hydrogen-bond donors (Lipinski definition) is 1. The van der Waals surface area contributed by atoms with Crippen LogP contribution in [0.1, 0.15) is 5.56 Å². The van der Waals surface area contributed by atoms with Crippen molar-refractivity contribution in [2.75, 3.05) is 0 Å². The van der Waals surface area contributed by atoms with Gasteiger partial charge < -0.3 is 0 Å². The molecule has 0 atom stereocenters. The Morgan fingerprint density at radius 3 is 2.50 bits per heavy atom. The highest BCUT2D eigenvalue weighted by atomic mass is 32.1. The van der Waals surface area contributed by atoms with Gasteiger partial charge in [-0.15, -0.1) is 0 Å². The minimum atomic E-state index is 1.28. The lowest BCUT2D eigenvalue weighted by molar-refractivity contribution is 1.63. The first kappa shape index (κ1) is 7.56. The highest BCUT2D eigenvalue weighted by molar-refractivity contribution is 8.00. The summed E-state index contributed by atoms with van der Waals surface area (Å²) in [5, 5.41) is 4.31. The predicted octanol–water partition coefficient (Wildman–Crippen LogP) is 2.87. The van der Waals surface area contributed by atoms with Crippen LogP contribution in [-0.4, -0.2) is 5.37 Å². The highest BCUT2D eigenvalue weighted by Crippen LogP contribution is 2.17. The average Bonchev–Trinajstić information content (AvgIpc) is 2.21. The number of hydrogen-bond acceptors (Lipinski definition) is 0. The fourth-order valence-electron chi connectivity index (χ4n) is 1.17. The van der Waals surface area contributed by atoms with Crippen molar-refractivity contribution in [2.24, 2.45) is 0 Å². The summed E-state index contributed by atoms with van der Waals surface area (Å²) in [5.74, 6) is 0. The molecule has 1 aromatic carbocycles. The van der Waals surface area contributed by atoms with Crippen LogP contribution in [0.3, 0.4) is 0 Å². The Morgan fingerprint density at radius 1 is 1.00 bits per heavy atom. The van der Waals surface area contributed by atoms with Crippen LogP contribution < -0.4 is 0 Å². The van der Waals surface area contributed by atoms with Gasteiger partial charge in [-0.25, -0.2) is 0 Å². The summed E-state index contributed by atoms with van der Waals surface area (Å²) >= 11 is 1.28. The van der Waals surface area contributed by atoms with E-state index in [0.717, 1.165) is 0 Å². The van der Waals surface area contributed by atoms with E-state index in [2.05, 4.69) is 47.2 Å². The molecule has 0 nitrogen and oxygen atoms in total. The zero-order chi connectivity index (χ0) is 8.23. The third-order valence-electron chi connectivity index (χ3n) is 1.79. The zero-order valence-corrected chi connectivity index (χ0v) is 7.54. The van der Waals surface area contributed by atoms with Crippen LogP contribution >= 0.6 is 11.4 Å². The molecular weight excluding hydrogens is 164 g/mol. The molecule has 0 spiro atoms. The molecule has 0 bridgehead atoms. The van der Waals surface area contributed by atoms with Crippen LogP contribution in [0.25, 0.3) is 5.57 Å². The van der Waals surface area contributed by atoms with Gasteiger partial charge >= 0.3 is 0 Å². The Kier molecular flexibility index (Phi) is 2.23. The lowest BCUT2D eigenvalue weighted by Gasteiger charge is -2.02. The van der Waals surface area contributed by atoms with E-state index in [1.807, 2.05) is 6.07 Å². The standard InChI is InChI=1S/C11H10S/c1-2-4-10(5-3-1)11-6-8-12-9-7-11/h1-9,12H. The Morgan fingerprint density at radius 2 is 1.83 bits per heavy atom. The third-order valence-corrected chi connectivity index (χ3v) is 2.43. The molecule has 0 fully saturated rings. The van der Waals surface area contributed by atoms with Crippen LogP contribution in [0.2, 0.25) is 0 Å². The van der Waals surface area contributed by atoms with Gasteiger partial charge in [0.15, 0.2) is 0 Å². The lowest BCUT2D eigenvalue weighted by Crippen LogP contribution is -1.81. The van der Waals surface area contributed by atoms with Crippen LogP contribution in [0.4, 0.5) is 0 Å². The van der Waals surface area contributed by atoms with Gasteiger partial charge in [0.25, 0.3) is 0 Å². The first-order valence-corrected chi connectivity index (χ1v) is 4.95. The summed E-state index contributed by atoms with van der Waals surface area (Å²) in [6, 6.07) is 10.4. The monoisotopic (exact) mass is 174 g/mol. The molecule has 0 radical (unpaired) electrons. The second-order valence-corrected chi connectivity index (χ2v) is 3.50. The fourth-order valence-corrected chi connectivity index (χ4v) is 1.77. The van der Waals surface area contributed by atoms with E-state index in [1.165, 1.54) is 22.5 Å². The maximum Gasteiger partial charge on any atom is -0.0174 e. The summed E-state index contributed by atoms with van der Waals surface area (Å²) in [4.78, 5) is 0. The molecule has 1 aromatic rings. The summed E-state index contributed by atoms with van der Waals surface area (Å²) in [7, 11) is 0. The minimum Gasteiger partial charge on any atom is -0.176 e. The van der Waals surface area contributed by atoms with E-state index >= 15 is 0 Å². The fraction of sp³-hybridized carbons (Fsp3) is 0. The van der Waals surface area contributed by atoms with Gasteiger partial charge in [-0.1, -0.05) is 30.3 Å². The third kappa shape index (κ3) is 1.56. The minimum absolute atomic E-state index is 1.28. The van der Waals surface area contributed by atoms with E-state index in [9.17, 15) is 0 Å². The van der Waals surface area contributed by atoms with Gasteiger partial charge in [0, 0.05) is 0 Å². The van der Waals surface area contributed by atoms with Crippen molar-refractivity contribution in [1.82, 2.24) is 0 Å². The van der Waals surface area contributed by atoms with E-state index in [0.29, 0.717) is 0 Å². The predicted molar refractivity (Wildman–Crippen MR) is 58.6 cm³/mol. The van der Waals surface area contributed by atoms with Gasteiger partial charge in [-0.05, 0) is 34.1 Å². The molecule has 1 aliphatic heterocycles. The van der Waals surface area contributed by atoms with Gasteiger partial charge in [0.1, 0.15) is 0 Å². The van der Waals surface area contributed by atoms with Gasteiger partial charge in [-0.2, -0.15) is 11.4 Å². The highest BCUT2D eigenvalue weighted by Gasteiger charge is 1.95. The molecule has 1 aliphatic rings. The molecule has 2 rings (SSSR count). The van der Waals surface area contributed by atoms with Crippen molar-refractivity contribution in [2.45, 2.75) is 0 Å². The van der Waals surface area contributed by atoms with Crippen molar-refractivity contribution in [3.63, 3.8) is 0 Å². The van der Waals surface area contributed by atoms with Crippen molar-refractivity contribution < 1.29 is 0 Å². The van der Waals surface area contributed by atoms with Crippen molar-refractivity contribution in [1.29, 1.82) is 0 Å². The van der Waals surface area contributed by atoms with Crippen molar-refractivity contribution in [3.8, 4) is 0 Å². The second kappa shape index (κ2) is 3.55. The molecule has 0 amide bonds. The number of rotatable bonds is 1. The Labute approximate surface area is 76.2 Å². The molecule has 0 unspecified atom stereocenters. The number of benzene rings is 1. The van der Waals surface area contributed by atoms with Crippen molar-refractivity contribution in [3.05, 3.63) is 53.5 Å². The topological polar surface area (TPSA) is 0 Å². The molecule has 1 heterocycles. The second-order valence-electron chi connectivity index (χ2n) is 2.60. The van der Waals surface area contributed by atoms with Crippen LogP contribution in [0, 0.1) is 0 Å². The molecule has 0 saturated heterocycles. The Balaban J connectivity index is 2.38. The van der Waals surface area contributed by atoms with Gasteiger partial charge in [-0.3, -0.25) is 0 Å². The Bertz CT molecular complexity index is 345.